The third kappa shape index (κ3) is 5.82. The number of cyclic esters (lactones) is 1. The number of benzene rings is 2. The van der Waals surface area contributed by atoms with E-state index in [0.29, 0.717) is 41.2 Å². The number of hydrogen-bond donors (Lipinski definition) is 2. The number of anilines is 3. The number of amides is 1. The second-order valence-electron chi connectivity index (χ2n) is 7.59. The van der Waals surface area contributed by atoms with Crippen molar-refractivity contribution in [2.45, 2.75) is 13.0 Å². The molecule has 1 atom stereocenters. The largest absolute Gasteiger partial charge is 0.460 e. The van der Waals surface area contributed by atoms with Crippen molar-refractivity contribution >= 4 is 51.6 Å². The third-order valence-electron chi connectivity index (χ3n) is 4.92. The summed E-state index contributed by atoms with van der Waals surface area (Å²) in [4.78, 5) is 34.3. The van der Waals surface area contributed by atoms with Crippen LogP contribution in [0.1, 0.15) is 6.92 Å². The minimum atomic E-state index is -0.512. The maximum Gasteiger partial charge on any atom is 0.320 e. The number of fused-ring (bicyclic) bond motifs is 1. The first-order valence-electron chi connectivity index (χ1n) is 10.2. The van der Waals surface area contributed by atoms with Crippen LogP contribution < -0.4 is 10.6 Å². The Labute approximate surface area is 194 Å². The zero-order valence-corrected chi connectivity index (χ0v) is 18.5. The molecule has 0 unspecified atom stereocenters. The first-order valence-corrected chi connectivity index (χ1v) is 10.6. The lowest BCUT2D eigenvalue weighted by atomic mass is 10.2. The number of aromatic nitrogens is 2. The Balaban J connectivity index is 1.44. The van der Waals surface area contributed by atoms with Crippen LogP contribution in [0.4, 0.5) is 21.6 Å². The van der Waals surface area contributed by atoms with E-state index in [4.69, 9.17) is 16.3 Å². The molecule has 2 N–H and O–H groups in total. The van der Waals surface area contributed by atoms with Gasteiger partial charge in [0.05, 0.1) is 17.1 Å². The van der Waals surface area contributed by atoms with E-state index in [1.54, 1.807) is 30.3 Å². The van der Waals surface area contributed by atoms with Gasteiger partial charge in [0.15, 0.2) is 0 Å². The molecule has 1 amide bonds. The fourth-order valence-electron chi connectivity index (χ4n) is 3.49. The molecule has 2 heterocycles. The highest BCUT2D eigenvalue weighted by Crippen LogP contribution is 2.27. The summed E-state index contributed by atoms with van der Waals surface area (Å²) in [6.07, 6.45) is 4.38. The highest BCUT2D eigenvalue weighted by Gasteiger charge is 2.22. The fraction of sp³-hybridized carbons (Fsp3) is 0.217. The summed E-state index contributed by atoms with van der Waals surface area (Å²) in [7, 11) is 0. The van der Waals surface area contributed by atoms with Gasteiger partial charge in [-0.1, -0.05) is 17.7 Å². The quantitative estimate of drug-likeness (QED) is 0.417. The lowest BCUT2D eigenvalue weighted by Crippen LogP contribution is -2.44. The number of nitrogens with one attached hydrogen (secondary N) is 2. The monoisotopic (exact) mass is 469 g/mol. The normalized spacial score (nSPS) is 16.7. The van der Waals surface area contributed by atoms with Crippen LogP contribution in [0, 0.1) is 5.82 Å². The van der Waals surface area contributed by atoms with E-state index in [2.05, 4.69) is 20.6 Å². The van der Waals surface area contributed by atoms with Crippen LogP contribution >= 0.6 is 11.6 Å². The van der Waals surface area contributed by atoms with Gasteiger partial charge in [0, 0.05) is 35.9 Å². The Morgan fingerprint density at radius 1 is 1.27 bits per heavy atom. The molecule has 1 aliphatic rings. The minimum Gasteiger partial charge on any atom is -0.460 e. The predicted octanol–water partition coefficient (Wildman–Crippen LogP) is 3.91. The molecular weight excluding hydrogens is 449 g/mol. The average Bonchev–Trinajstić information content (AvgIpc) is 2.76. The summed E-state index contributed by atoms with van der Waals surface area (Å²) < 4.78 is 18.5. The van der Waals surface area contributed by atoms with E-state index in [1.807, 2.05) is 11.8 Å². The summed E-state index contributed by atoms with van der Waals surface area (Å²) in [6.45, 7) is 3.12. The van der Waals surface area contributed by atoms with Gasteiger partial charge in [0.2, 0.25) is 5.91 Å². The van der Waals surface area contributed by atoms with Crippen molar-refractivity contribution in [2.75, 3.05) is 30.3 Å². The Bertz CT molecular complexity index is 1240. The lowest BCUT2D eigenvalue weighted by Gasteiger charge is -2.29. The number of carbonyl (C=O) groups is 2. The Morgan fingerprint density at radius 3 is 2.88 bits per heavy atom. The molecule has 1 aliphatic heterocycles. The molecule has 0 saturated carbocycles. The molecule has 8 nitrogen and oxygen atoms in total. The van der Waals surface area contributed by atoms with Crippen LogP contribution in [-0.2, 0) is 14.3 Å². The molecule has 1 fully saturated rings. The summed E-state index contributed by atoms with van der Waals surface area (Å²) in [5, 5.41) is 6.57. The first kappa shape index (κ1) is 22.6. The van der Waals surface area contributed by atoms with Crippen LogP contribution in [0.3, 0.4) is 0 Å². The van der Waals surface area contributed by atoms with Gasteiger partial charge in [-0.25, -0.2) is 14.4 Å². The number of carbonyl (C=O) groups excluding carboxylic acids is 2. The number of morpholine rings is 1. The van der Waals surface area contributed by atoms with E-state index in [9.17, 15) is 14.0 Å². The van der Waals surface area contributed by atoms with Gasteiger partial charge in [-0.3, -0.25) is 14.5 Å². The summed E-state index contributed by atoms with van der Waals surface area (Å²) in [5.74, 6) is -0.598. The maximum atomic E-state index is 13.4. The van der Waals surface area contributed by atoms with E-state index in [0.717, 1.165) is 0 Å². The van der Waals surface area contributed by atoms with Crippen LogP contribution in [0.2, 0.25) is 5.02 Å². The second-order valence-corrected chi connectivity index (χ2v) is 8.00. The standard InChI is InChI=1S/C23H21ClFN5O3/c1-14-11-30(12-22(32)33-14)8-2-3-21(31)28-15-5-7-20-17(9-15)23(27-13-26-20)29-16-4-6-19(25)18(24)10-16/h2-7,9-10,13-14H,8,11-12H2,1H3,(H,28,31)(H,26,27,29)/t14-/m1/s1. The van der Waals surface area contributed by atoms with Crippen molar-refractivity contribution in [2.24, 2.45) is 0 Å². The molecule has 0 aliphatic carbocycles. The Kier molecular flexibility index (Phi) is 6.81. The van der Waals surface area contributed by atoms with Crippen molar-refractivity contribution in [3.8, 4) is 0 Å². The van der Waals surface area contributed by atoms with Crippen molar-refractivity contribution in [3.63, 3.8) is 0 Å². The van der Waals surface area contributed by atoms with Crippen LogP contribution in [0.15, 0.2) is 54.9 Å². The van der Waals surface area contributed by atoms with Gasteiger partial charge < -0.3 is 15.4 Å². The molecule has 1 saturated heterocycles. The number of rotatable bonds is 6. The third-order valence-corrected chi connectivity index (χ3v) is 5.21. The van der Waals surface area contributed by atoms with Crippen molar-refractivity contribution in [3.05, 3.63) is 65.7 Å². The molecule has 170 valence electrons. The van der Waals surface area contributed by atoms with Crippen molar-refractivity contribution in [1.29, 1.82) is 0 Å². The van der Waals surface area contributed by atoms with Crippen LogP contribution in [0.25, 0.3) is 10.9 Å². The van der Waals surface area contributed by atoms with Gasteiger partial charge in [0.1, 0.15) is 24.1 Å². The maximum absolute atomic E-state index is 13.4. The molecule has 3 aromatic rings. The van der Waals surface area contributed by atoms with E-state index < -0.39 is 5.82 Å². The minimum absolute atomic E-state index is 0.00555. The van der Waals surface area contributed by atoms with E-state index in [1.165, 1.54) is 24.5 Å². The summed E-state index contributed by atoms with van der Waals surface area (Å²) in [6, 6.07) is 9.52. The summed E-state index contributed by atoms with van der Waals surface area (Å²) >= 11 is 5.86. The second kappa shape index (κ2) is 9.93. The molecule has 0 bridgehead atoms. The van der Waals surface area contributed by atoms with Gasteiger partial charge in [0.25, 0.3) is 0 Å². The number of nitrogens with zero attached hydrogens (tertiary/aromatic N) is 3. The molecule has 10 heteroatoms. The smallest absolute Gasteiger partial charge is 0.320 e. The van der Waals surface area contributed by atoms with Crippen LogP contribution in [-0.4, -0.2) is 52.5 Å². The molecular formula is C23H21ClFN5O3. The number of hydrogen-bond acceptors (Lipinski definition) is 7. The van der Waals surface area contributed by atoms with Crippen molar-refractivity contribution < 1.29 is 18.7 Å². The van der Waals surface area contributed by atoms with E-state index in [-0.39, 0.29) is 29.5 Å². The fourth-order valence-corrected chi connectivity index (χ4v) is 3.67. The van der Waals surface area contributed by atoms with E-state index >= 15 is 0 Å². The highest BCUT2D eigenvalue weighted by atomic mass is 35.5. The molecule has 0 radical (unpaired) electrons. The molecule has 33 heavy (non-hydrogen) atoms. The van der Waals surface area contributed by atoms with Gasteiger partial charge in [-0.15, -0.1) is 0 Å². The number of esters is 1. The van der Waals surface area contributed by atoms with Gasteiger partial charge >= 0.3 is 5.97 Å². The number of halogens is 2. The van der Waals surface area contributed by atoms with Gasteiger partial charge in [-0.2, -0.15) is 0 Å². The lowest BCUT2D eigenvalue weighted by molar-refractivity contribution is -0.156. The zero-order chi connectivity index (χ0) is 23.4. The first-order chi connectivity index (χ1) is 15.9. The Hall–Kier alpha value is -3.56. The predicted molar refractivity (Wildman–Crippen MR) is 124 cm³/mol. The molecule has 0 spiro atoms. The molecule has 4 rings (SSSR count). The topological polar surface area (TPSA) is 96.5 Å². The van der Waals surface area contributed by atoms with Crippen LogP contribution in [0.5, 0.6) is 0 Å². The Morgan fingerprint density at radius 2 is 2.09 bits per heavy atom. The van der Waals surface area contributed by atoms with Crippen molar-refractivity contribution in [1.82, 2.24) is 14.9 Å². The number of ether oxygens (including phenoxy) is 1. The highest BCUT2D eigenvalue weighted by molar-refractivity contribution is 6.31. The molecule has 1 aromatic heterocycles. The summed E-state index contributed by atoms with van der Waals surface area (Å²) in [5.41, 5.74) is 1.79. The SMILES string of the molecule is C[C@@H]1CN(CC=CC(=O)Nc2ccc3ncnc(Nc4ccc(F)c(Cl)c4)c3c2)CC(=O)O1. The molecule has 2 aromatic carbocycles. The average molecular weight is 470 g/mol. The zero-order valence-electron chi connectivity index (χ0n) is 17.7. The van der Waals surface area contributed by atoms with Gasteiger partial charge in [-0.05, 0) is 43.3 Å².